The van der Waals surface area contributed by atoms with Crippen molar-refractivity contribution < 1.29 is 14.3 Å². The maximum atomic E-state index is 13.7. The van der Waals surface area contributed by atoms with Gasteiger partial charge in [-0.1, -0.05) is 28.4 Å². The standard InChI is InChI=1S/C23H31BrN2O3/c1-22(2,3)29-21(28)25-19-12-17-5-4-9-23(17,13-19)20(27)26-10-8-15-6-7-18(24)11-16(15)14-26/h6-7,11,17,19H,4-5,8-10,12-14H2,1-3H3,(H,25,28)/t17-,19-,23-/m1/s1. The number of halogens is 1. The number of benzene rings is 1. The van der Waals surface area contributed by atoms with Crippen LogP contribution in [-0.2, 0) is 22.5 Å². The summed E-state index contributed by atoms with van der Waals surface area (Å²) < 4.78 is 6.49. The highest BCUT2D eigenvalue weighted by molar-refractivity contribution is 9.10. The van der Waals surface area contributed by atoms with Gasteiger partial charge in [0.1, 0.15) is 5.60 Å². The van der Waals surface area contributed by atoms with Gasteiger partial charge in [-0.15, -0.1) is 0 Å². The van der Waals surface area contributed by atoms with E-state index in [1.807, 2.05) is 20.8 Å². The average Bonchev–Trinajstić information content (AvgIpc) is 3.16. The molecule has 3 aliphatic rings. The molecule has 1 aromatic rings. The van der Waals surface area contributed by atoms with E-state index in [2.05, 4.69) is 44.3 Å². The molecule has 6 heteroatoms. The Morgan fingerprint density at radius 2 is 2.07 bits per heavy atom. The van der Waals surface area contributed by atoms with E-state index in [0.717, 1.165) is 49.5 Å². The fourth-order valence-electron chi connectivity index (χ4n) is 5.59. The average molecular weight is 463 g/mol. The van der Waals surface area contributed by atoms with Crippen molar-refractivity contribution in [2.75, 3.05) is 6.54 Å². The van der Waals surface area contributed by atoms with Crippen LogP contribution in [0.4, 0.5) is 4.79 Å². The Labute approximate surface area is 181 Å². The van der Waals surface area contributed by atoms with Crippen molar-refractivity contribution in [1.82, 2.24) is 10.2 Å². The van der Waals surface area contributed by atoms with Crippen molar-refractivity contribution in [1.29, 1.82) is 0 Å². The number of nitrogens with one attached hydrogen (secondary N) is 1. The first-order valence-corrected chi connectivity index (χ1v) is 11.5. The number of hydrogen-bond donors (Lipinski definition) is 1. The third-order valence-corrected chi connectivity index (χ3v) is 7.24. The monoisotopic (exact) mass is 462 g/mol. The van der Waals surface area contributed by atoms with E-state index in [-0.39, 0.29) is 17.6 Å². The summed E-state index contributed by atoms with van der Waals surface area (Å²) in [7, 11) is 0. The first-order chi connectivity index (χ1) is 13.7. The molecule has 29 heavy (non-hydrogen) atoms. The molecule has 0 radical (unpaired) electrons. The maximum absolute atomic E-state index is 13.7. The van der Waals surface area contributed by atoms with Crippen LogP contribution in [0, 0.1) is 11.3 Å². The Morgan fingerprint density at radius 3 is 2.83 bits per heavy atom. The van der Waals surface area contributed by atoms with Crippen LogP contribution in [0.2, 0.25) is 0 Å². The number of amides is 2. The van der Waals surface area contributed by atoms with E-state index < -0.39 is 5.60 Å². The minimum Gasteiger partial charge on any atom is -0.444 e. The molecule has 1 N–H and O–H groups in total. The topological polar surface area (TPSA) is 58.6 Å². The number of fused-ring (bicyclic) bond motifs is 2. The van der Waals surface area contributed by atoms with E-state index in [9.17, 15) is 9.59 Å². The summed E-state index contributed by atoms with van der Waals surface area (Å²) in [5.41, 5.74) is 1.75. The third-order valence-electron chi connectivity index (χ3n) is 6.75. The number of carbonyl (C=O) groups excluding carboxylic acids is 2. The van der Waals surface area contributed by atoms with Crippen LogP contribution >= 0.6 is 15.9 Å². The Hall–Kier alpha value is -1.56. The van der Waals surface area contributed by atoms with Crippen LogP contribution in [0.25, 0.3) is 0 Å². The smallest absolute Gasteiger partial charge is 0.407 e. The zero-order chi connectivity index (χ0) is 20.8. The SMILES string of the molecule is CC(C)(C)OC(=O)N[C@@H]1C[C@H]2CCC[C@@]2(C(=O)N2CCc3ccc(Br)cc3C2)C1. The minimum absolute atomic E-state index is 0.0188. The predicted molar refractivity (Wildman–Crippen MR) is 115 cm³/mol. The quantitative estimate of drug-likeness (QED) is 0.685. The molecule has 1 aliphatic heterocycles. The largest absolute Gasteiger partial charge is 0.444 e. The lowest BCUT2D eigenvalue weighted by molar-refractivity contribution is -0.144. The summed E-state index contributed by atoms with van der Waals surface area (Å²) in [6.45, 7) is 7.08. The minimum atomic E-state index is -0.512. The van der Waals surface area contributed by atoms with Crippen LogP contribution in [-0.4, -0.2) is 35.1 Å². The molecule has 0 saturated heterocycles. The second-order valence-corrected chi connectivity index (χ2v) is 10.8. The first kappa shape index (κ1) is 20.7. The van der Waals surface area contributed by atoms with Crippen LogP contribution in [0.1, 0.15) is 64.0 Å². The summed E-state index contributed by atoms with van der Waals surface area (Å²) in [5.74, 6) is 0.651. The Bertz CT molecular complexity index is 819. The van der Waals surface area contributed by atoms with Crippen LogP contribution < -0.4 is 5.32 Å². The van der Waals surface area contributed by atoms with Gasteiger partial charge in [0, 0.05) is 23.6 Å². The van der Waals surface area contributed by atoms with E-state index >= 15 is 0 Å². The van der Waals surface area contributed by atoms with Gasteiger partial charge in [-0.2, -0.15) is 0 Å². The summed E-state index contributed by atoms with van der Waals surface area (Å²) in [6.07, 6.45) is 5.26. The van der Waals surface area contributed by atoms with Gasteiger partial charge in [-0.25, -0.2) is 4.79 Å². The molecule has 5 nitrogen and oxygen atoms in total. The molecule has 0 spiro atoms. The van der Waals surface area contributed by atoms with Crippen molar-refractivity contribution in [3.63, 3.8) is 0 Å². The van der Waals surface area contributed by atoms with Crippen molar-refractivity contribution in [3.05, 3.63) is 33.8 Å². The van der Waals surface area contributed by atoms with E-state index in [1.165, 1.54) is 11.1 Å². The van der Waals surface area contributed by atoms with Gasteiger partial charge >= 0.3 is 6.09 Å². The fraction of sp³-hybridized carbons (Fsp3) is 0.652. The zero-order valence-electron chi connectivity index (χ0n) is 17.6. The molecule has 0 unspecified atom stereocenters. The van der Waals surface area contributed by atoms with Gasteiger partial charge in [0.15, 0.2) is 0 Å². The first-order valence-electron chi connectivity index (χ1n) is 10.7. The lowest BCUT2D eigenvalue weighted by Crippen LogP contribution is -2.47. The molecule has 2 fully saturated rings. The third kappa shape index (κ3) is 4.18. The van der Waals surface area contributed by atoms with Crippen LogP contribution in [0.5, 0.6) is 0 Å². The van der Waals surface area contributed by atoms with Crippen molar-refractivity contribution in [2.24, 2.45) is 11.3 Å². The highest BCUT2D eigenvalue weighted by Gasteiger charge is 2.56. The van der Waals surface area contributed by atoms with Crippen molar-refractivity contribution in [2.45, 2.75) is 77.5 Å². The molecule has 1 heterocycles. The number of carbonyl (C=O) groups is 2. The van der Waals surface area contributed by atoms with Crippen molar-refractivity contribution in [3.8, 4) is 0 Å². The second kappa shape index (κ2) is 7.60. The predicted octanol–water partition coefficient (Wildman–Crippen LogP) is 4.81. The molecule has 1 aromatic carbocycles. The summed E-state index contributed by atoms with van der Waals surface area (Å²) in [6, 6.07) is 6.39. The maximum Gasteiger partial charge on any atom is 0.407 e. The molecule has 2 saturated carbocycles. The van der Waals surface area contributed by atoms with Gasteiger partial charge in [0.05, 0.1) is 5.41 Å². The number of alkyl carbamates (subject to hydrolysis) is 1. The Morgan fingerprint density at radius 1 is 1.28 bits per heavy atom. The van der Waals surface area contributed by atoms with Gasteiger partial charge < -0.3 is 15.0 Å². The Balaban J connectivity index is 1.47. The molecular formula is C23H31BrN2O3. The van der Waals surface area contributed by atoms with E-state index in [0.29, 0.717) is 18.4 Å². The molecular weight excluding hydrogens is 432 g/mol. The molecule has 0 bridgehead atoms. The fourth-order valence-corrected chi connectivity index (χ4v) is 6.00. The van der Waals surface area contributed by atoms with Gasteiger partial charge in [-0.3, -0.25) is 4.79 Å². The molecule has 2 amide bonds. The molecule has 2 aliphatic carbocycles. The molecule has 158 valence electrons. The zero-order valence-corrected chi connectivity index (χ0v) is 19.2. The van der Waals surface area contributed by atoms with E-state index in [4.69, 9.17) is 4.74 Å². The molecule has 0 aromatic heterocycles. The highest BCUT2D eigenvalue weighted by Crippen LogP contribution is 2.55. The normalized spacial score (nSPS) is 28.6. The summed E-state index contributed by atoms with van der Waals surface area (Å²) in [5, 5.41) is 3.03. The van der Waals surface area contributed by atoms with Gasteiger partial charge in [0.25, 0.3) is 0 Å². The summed E-state index contributed by atoms with van der Waals surface area (Å²) >= 11 is 3.55. The number of hydrogen-bond acceptors (Lipinski definition) is 3. The summed E-state index contributed by atoms with van der Waals surface area (Å²) in [4.78, 5) is 28.0. The second-order valence-electron chi connectivity index (χ2n) is 9.92. The highest BCUT2D eigenvalue weighted by atomic mass is 79.9. The van der Waals surface area contributed by atoms with Gasteiger partial charge in [-0.05, 0) is 82.1 Å². The number of rotatable bonds is 2. The number of ether oxygens (including phenoxy) is 1. The van der Waals surface area contributed by atoms with E-state index in [1.54, 1.807) is 0 Å². The lowest BCUT2D eigenvalue weighted by Gasteiger charge is -2.37. The van der Waals surface area contributed by atoms with Crippen molar-refractivity contribution >= 4 is 27.9 Å². The Kier molecular flexibility index (Phi) is 5.43. The molecule has 4 rings (SSSR count). The van der Waals surface area contributed by atoms with Crippen LogP contribution in [0.15, 0.2) is 22.7 Å². The molecule has 3 atom stereocenters. The van der Waals surface area contributed by atoms with Gasteiger partial charge in [0.2, 0.25) is 5.91 Å². The lowest BCUT2D eigenvalue weighted by atomic mass is 9.78. The van der Waals surface area contributed by atoms with Crippen LogP contribution in [0.3, 0.4) is 0 Å². The number of nitrogens with zero attached hydrogens (tertiary/aromatic N) is 1.